The smallest absolute Gasteiger partial charge is 0.262 e. The Morgan fingerprint density at radius 1 is 1.00 bits per heavy atom. The number of fused-ring (bicyclic) bond motifs is 1. The van der Waals surface area contributed by atoms with Crippen LogP contribution in [0.5, 0.6) is 11.5 Å². The lowest BCUT2D eigenvalue weighted by Crippen LogP contribution is -2.23. The van der Waals surface area contributed by atoms with E-state index in [0.29, 0.717) is 34.2 Å². The van der Waals surface area contributed by atoms with Gasteiger partial charge in [0.15, 0.2) is 12.4 Å². The van der Waals surface area contributed by atoms with Crippen molar-refractivity contribution >= 4 is 34.2 Å². The lowest BCUT2D eigenvalue weighted by molar-refractivity contribution is -0.118. The fourth-order valence-electron chi connectivity index (χ4n) is 3.77. The normalized spacial score (nSPS) is 11.4. The van der Waals surface area contributed by atoms with Gasteiger partial charge in [0.25, 0.3) is 5.91 Å². The average molecular weight is 506 g/mol. The summed E-state index contributed by atoms with van der Waals surface area (Å²) in [5.74, 6) is 0.300. The number of benzene rings is 3. The van der Waals surface area contributed by atoms with Crippen molar-refractivity contribution < 1.29 is 18.7 Å². The highest BCUT2D eigenvalue weighted by atomic mass is 35.5. The Balaban J connectivity index is 1.68. The summed E-state index contributed by atoms with van der Waals surface area (Å²) in [7, 11) is 0. The molecule has 7 heteroatoms. The molecular weight excluding hydrogens is 478 g/mol. The molecule has 1 aromatic heterocycles. The second-order valence-electron chi connectivity index (χ2n) is 9.32. The first kappa shape index (κ1) is 25.3. The summed E-state index contributed by atoms with van der Waals surface area (Å²) in [6, 6.07) is 19.7. The van der Waals surface area contributed by atoms with E-state index in [1.54, 1.807) is 30.3 Å². The van der Waals surface area contributed by atoms with E-state index < -0.39 is 17.9 Å². The van der Waals surface area contributed by atoms with Gasteiger partial charge in [-0.1, -0.05) is 68.8 Å². The number of para-hydroxylation sites is 2. The fraction of sp³-hybridized carbons (Fsp3) is 0.241. The van der Waals surface area contributed by atoms with Gasteiger partial charge in [-0.2, -0.15) is 0 Å². The van der Waals surface area contributed by atoms with Crippen LogP contribution in [-0.4, -0.2) is 19.1 Å². The minimum absolute atomic E-state index is 0.0330. The van der Waals surface area contributed by atoms with Crippen molar-refractivity contribution in [3.63, 3.8) is 0 Å². The molecule has 1 heterocycles. The first-order valence-electron chi connectivity index (χ1n) is 11.7. The van der Waals surface area contributed by atoms with Gasteiger partial charge in [-0.3, -0.25) is 9.59 Å². The first-order valence-corrected chi connectivity index (χ1v) is 12.1. The van der Waals surface area contributed by atoms with Gasteiger partial charge in [0.05, 0.1) is 17.7 Å². The second kappa shape index (κ2) is 10.5. The number of anilines is 1. The molecule has 0 saturated heterocycles. The van der Waals surface area contributed by atoms with Crippen molar-refractivity contribution in [3.8, 4) is 22.8 Å². The first-order chi connectivity index (χ1) is 17.2. The SMILES string of the molecule is CCOc1ccccc1NC(=O)COc1c(-c2ccc(C(C)(C)C)cc2)oc2ccc(Cl)cc2c1=O. The molecule has 0 aliphatic rings. The van der Waals surface area contributed by atoms with Gasteiger partial charge in [-0.05, 0) is 48.2 Å². The predicted molar refractivity (Wildman–Crippen MR) is 143 cm³/mol. The van der Waals surface area contributed by atoms with Crippen LogP contribution < -0.4 is 20.2 Å². The molecule has 1 N–H and O–H groups in total. The Morgan fingerprint density at radius 2 is 1.72 bits per heavy atom. The molecular formula is C29H28ClNO5. The Kier molecular flexibility index (Phi) is 7.36. The number of nitrogens with one attached hydrogen (secondary N) is 1. The summed E-state index contributed by atoms with van der Waals surface area (Å²) in [5, 5.41) is 3.44. The highest BCUT2D eigenvalue weighted by Crippen LogP contribution is 2.33. The highest BCUT2D eigenvalue weighted by molar-refractivity contribution is 6.31. The Bertz CT molecular complexity index is 1450. The molecule has 4 rings (SSSR count). The van der Waals surface area contributed by atoms with Crippen molar-refractivity contribution in [3.05, 3.63) is 87.5 Å². The van der Waals surface area contributed by atoms with Crippen LogP contribution in [0.4, 0.5) is 5.69 Å². The standard InChI is InChI=1S/C29H28ClNO5/c1-5-34-24-9-7-6-8-22(24)31-25(32)17-35-28-26(33)21-16-20(30)14-15-23(21)36-27(28)18-10-12-19(13-11-18)29(2,3)4/h6-16H,5,17H2,1-4H3,(H,31,32). The van der Waals surface area contributed by atoms with Crippen LogP contribution in [0, 0.1) is 0 Å². The molecule has 0 aliphatic carbocycles. The van der Waals surface area contributed by atoms with Gasteiger partial charge in [0, 0.05) is 10.6 Å². The van der Waals surface area contributed by atoms with Crippen LogP contribution in [0.2, 0.25) is 5.02 Å². The molecule has 0 spiro atoms. The molecule has 36 heavy (non-hydrogen) atoms. The average Bonchev–Trinajstić information content (AvgIpc) is 2.84. The molecule has 0 saturated carbocycles. The monoisotopic (exact) mass is 505 g/mol. The van der Waals surface area contributed by atoms with Crippen molar-refractivity contribution in [1.82, 2.24) is 0 Å². The number of rotatable bonds is 7. The quantitative estimate of drug-likeness (QED) is 0.298. The number of amides is 1. The Hall–Kier alpha value is -3.77. The molecule has 0 atom stereocenters. The summed E-state index contributed by atoms with van der Waals surface area (Å²) < 4.78 is 17.5. The van der Waals surface area contributed by atoms with Crippen LogP contribution in [0.25, 0.3) is 22.3 Å². The minimum Gasteiger partial charge on any atom is -0.492 e. The van der Waals surface area contributed by atoms with Crippen molar-refractivity contribution in [2.45, 2.75) is 33.1 Å². The van der Waals surface area contributed by atoms with Crippen molar-refractivity contribution in [2.24, 2.45) is 0 Å². The van der Waals surface area contributed by atoms with E-state index >= 15 is 0 Å². The highest BCUT2D eigenvalue weighted by Gasteiger charge is 2.21. The summed E-state index contributed by atoms with van der Waals surface area (Å²) in [6.45, 7) is 8.30. The summed E-state index contributed by atoms with van der Waals surface area (Å²) in [6.07, 6.45) is 0. The molecule has 186 valence electrons. The minimum atomic E-state index is -0.443. The third-order valence-electron chi connectivity index (χ3n) is 5.63. The van der Waals surface area contributed by atoms with Crippen LogP contribution in [-0.2, 0) is 10.2 Å². The maximum Gasteiger partial charge on any atom is 0.262 e. The van der Waals surface area contributed by atoms with E-state index in [1.165, 1.54) is 6.07 Å². The Morgan fingerprint density at radius 3 is 2.42 bits per heavy atom. The Labute approximate surface area is 214 Å². The topological polar surface area (TPSA) is 77.8 Å². The lowest BCUT2D eigenvalue weighted by Gasteiger charge is -2.19. The van der Waals surface area contributed by atoms with Crippen LogP contribution in [0.15, 0.2) is 75.9 Å². The lowest BCUT2D eigenvalue weighted by atomic mass is 9.86. The molecule has 6 nitrogen and oxygen atoms in total. The maximum atomic E-state index is 13.4. The molecule has 0 radical (unpaired) electrons. The van der Waals surface area contributed by atoms with E-state index in [0.717, 1.165) is 5.56 Å². The number of ether oxygens (including phenoxy) is 2. The van der Waals surface area contributed by atoms with Crippen LogP contribution in [0.1, 0.15) is 33.3 Å². The zero-order chi connectivity index (χ0) is 25.9. The molecule has 0 bridgehead atoms. The number of hydrogen-bond acceptors (Lipinski definition) is 5. The van der Waals surface area contributed by atoms with E-state index in [1.807, 2.05) is 37.3 Å². The summed E-state index contributed by atoms with van der Waals surface area (Å²) in [4.78, 5) is 26.1. The molecule has 4 aromatic rings. The third-order valence-corrected chi connectivity index (χ3v) is 5.87. The molecule has 0 unspecified atom stereocenters. The number of carbonyl (C=O) groups excluding carboxylic acids is 1. The zero-order valence-corrected chi connectivity index (χ0v) is 21.4. The second-order valence-corrected chi connectivity index (χ2v) is 9.76. The van der Waals surface area contributed by atoms with Gasteiger partial charge in [0.1, 0.15) is 11.3 Å². The van der Waals surface area contributed by atoms with Crippen LogP contribution >= 0.6 is 11.6 Å². The van der Waals surface area contributed by atoms with Crippen molar-refractivity contribution in [1.29, 1.82) is 0 Å². The zero-order valence-electron chi connectivity index (χ0n) is 20.7. The molecule has 1 amide bonds. The number of hydrogen-bond donors (Lipinski definition) is 1. The van der Waals surface area contributed by atoms with Crippen molar-refractivity contribution in [2.75, 3.05) is 18.5 Å². The van der Waals surface area contributed by atoms with E-state index in [9.17, 15) is 9.59 Å². The van der Waals surface area contributed by atoms with E-state index in [-0.39, 0.29) is 22.3 Å². The van der Waals surface area contributed by atoms with E-state index in [4.69, 9.17) is 25.5 Å². The van der Waals surface area contributed by atoms with Crippen LogP contribution in [0.3, 0.4) is 0 Å². The molecule has 0 aliphatic heterocycles. The van der Waals surface area contributed by atoms with Gasteiger partial charge in [-0.25, -0.2) is 0 Å². The molecule has 3 aromatic carbocycles. The largest absolute Gasteiger partial charge is 0.492 e. The van der Waals surface area contributed by atoms with Gasteiger partial charge < -0.3 is 19.2 Å². The summed E-state index contributed by atoms with van der Waals surface area (Å²) >= 11 is 6.12. The summed E-state index contributed by atoms with van der Waals surface area (Å²) in [5.41, 5.74) is 2.25. The van der Waals surface area contributed by atoms with Gasteiger partial charge in [-0.15, -0.1) is 0 Å². The predicted octanol–water partition coefficient (Wildman–Crippen LogP) is 6.83. The molecule has 0 fully saturated rings. The third kappa shape index (κ3) is 5.55. The van der Waals surface area contributed by atoms with E-state index in [2.05, 4.69) is 26.1 Å². The number of halogens is 1. The fourth-order valence-corrected chi connectivity index (χ4v) is 3.94. The number of carbonyl (C=O) groups is 1. The van der Waals surface area contributed by atoms with Gasteiger partial charge in [0.2, 0.25) is 11.2 Å². The maximum absolute atomic E-state index is 13.4. The van der Waals surface area contributed by atoms with Gasteiger partial charge >= 0.3 is 0 Å².